The Bertz CT molecular complexity index is 671. The van der Waals surface area contributed by atoms with Gasteiger partial charge >= 0.3 is 0 Å². The highest BCUT2D eigenvalue weighted by atomic mass is 32.2. The molecule has 3 nitrogen and oxygen atoms in total. The first-order chi connectivity index (χ1) is 9.41. The molecule has 2 aromatic rings. The van der Waals surface area contributed by atoms with Gasteiger partial charge in [0, 0.05) is 13.4 Å². The molecule has 0 aliphatic heterocycles. The van der Waals surface area contributed by atoms with Gasteiger partial charge in [-0.25, -0.2) is 8.42 Å². The van der Waals surface area contributed by atoms with Gasteiger partial charge in [0.15, 0.2) is 9.84 Å². The average molecular weight is 290 g/mol. The molecular weight excluding hydrogens is 272 g/mol. The summed E-state index contributed by atoms with van der Waals surface area (Å²) < 4.78 is 28.1. The summed E-state index contributed by atoms with van der Waals surface area (Å²) in [6, 6.07) is 15.0. The Kier molecular flexibility index (Phi) is 4.26. The minimum atomic E-state index is -3.14. The quantitative estimate of drug-likeness (QED) is 0.866. The molecule has 0 aliphatic rings. The van der Waals surface area contributed by atoms with Crippen LogP contribution in [0.15, 0.2) is 53.4 Å². The molecule has 0 bridgehead atoms. The topological polar surface area (TPSA) is 43.4 Å². The monoisotopic (exact) mass is 290 g/mol. The van der Waals surface area contributed by atoms with E-state index in [4.69, 9.17) is 4.74 Å². The zero-order valence-electron chi connectivity index (χ0n) is 11.8. The number of sulfone groups is 1. The SMILES string of the molecule is CO[C@@H](C)c1ccc(-c2ccc(S(C)(=O)=O)cc2)cc1. The molecule has 0 radical (unpaired) electrons. The fourth-order valence-electron chi connectivity index (χ4n) is 1.98. The lowest BCUT2D eigenvalue weighted by Gasteiger charge is -2.10. The van der Waals surface area contributed by atoms with Crippen molar-refractivity contribution < 1.29 is 13.2 Å². The normalized spacial score (nSPS) is 13.2. The van der Waals surface area contributed by atoms with Gasteiger partial charge in [-0.2, -0.15) is 0 Å². The zero-order valence-corrected chi connectivity index (χ0v) is 12.6. The number of methoxy groups -OCH3 is 1. The van der Waals surface area contributed by atoms with Crippen molar-refractivity contribution in [2.24, 2.45) is 0 Å². The molecule has 2 rings (SSSR count). The Balaban J connectivity index is 2.28. The van der Waals surface area contributed by atoms with Gasteiger partial charge in [0.2, 0.25) is 0 Å². The summed E-state index contributed by atoms with van der Waals surface area (Å²) in [5.41, 5.74) is 3.16. The summed E-state index contributed by atoms with van der Waals surface area (Å²) >= 11 is 0. The number of benzene rings is 2. The molecule has 0 saturated heterocycles. The molecule has 0 unspecified atom stereocenters. The van der Waals surface area contributed by atoms with Gasteiger partial charge in [0.05, 0.1) is 11.0 Å². The van der Waals surface area contributed by atoms with Gasteiger partial charge in [0.25, 0.3) is 0 Å². The van der Waals surface area contributed by atoms with Crippen LogP contribution in [0.25, 0.3) is 11.1 Å². The zero-order chi connectivity index (χ0) is 14.8. The van der Waals surface area contributed by atoms with Gasteiger partial charge in [-0.15, -0.1) is 0 Å². The molecule has 0 aromatic heterocycles. The van der Waals surface area contributed by atoms with Crippen LogP contribution in [-0.4, -0.2) is 21.8 Å². The molecule has 4 heteroatoms. The molecule has 0 heterocycles. The van der Waals surface area contributed by atoms with Crippen molar-refractivity contribution in [1.29, 1.82) is 0 Å². The Morgan fingerprint density at radius 1 is 0.900 bits per heavy atom. The second-order valence-electron chi connectivity index (χ2n) is 4.80. The van der Waals surface area contributed by atoms with E-state index in [1.54, 1.807) is 19.2 Å². The van der Waals surface area contributed by atoms with Crippen LogP contribution in [0.2, 0.25) is 0 Å². The van der Waals surface area contributed by atoms with Crippen LogP contribution >= 0.6 is 0 Å². The van der Waals surface area contributed by atoms with Crippen LogP contribution in [0.5, 0.6) is 0 Å². The van der Waals surface area contributed by atoms with Gasteiger partial charge in [0.1, 0.15) is 0 Å². The summed E-state index contributed by atoms with van der Waals surface area (Å²) in [7, 11) is -1.46. The number of hydrogen-bond donors (Lipinski definition) is 0. The van der Waals surface area contributed by atoms with Gasteiger partial charge in [-0.1, -0.05) is 36.4 Å². The van der Waals surface area contributed by atoms with E-state index in [2.05, 4.69) is 0 Å². The van der Waals surface area contributed by atoms with E-state index in [9.17, 15) is 8.42 Å². The molecular formula is C16H18O3S. The maximum Gasteiger partial charge on any atom is 0.175 e. The summed E-state index contributed by atoms with van der Waals surface area (Å²) in [5, 5.41) is 0. The third-order valence-corrected chi connectivity index (χ3v) is 4.48. The average Bonchev–Trinajstić information content (AvgIpc) is 2.46. The molecule has 0 spiro atoms. The minimum absolute atomic E-state index is 0.0664. The lowest BCUT2D eigenvalue weighted by atomic mass is 10.0. The predicted octanol–water partition coefficient (Wildman–Crippen LogP) is 3.46. The largest absolute Gasteiger partial charge is 0.377 e. The van der Waals surface area contributed by atoms with Crippen molar-refractivity contribution >= 4 is 9.84 Å². The minimum Gasteiger partial charge on any atom is -0.377 e. The predicted molar refractivity (Wildman–Crippen MR) is 80.4 cm³/mol. The van der Waals surface area contributed by atoms with E-state index in [1.165, 1.54) is 6.26 Å². The summed E-state index contributed by atoms with van der Waals surface area (Å²) in [5.74, 6) is 0. The fraction of sp³-hybridized carbons (Fsp3) is 0.250. The number of hydrogen-bond acceptors (Lipinski definition) is 3. The Morgan fingerprint density at radius 3 is 1.75 bits per heavy atom. The van der Waals surface area contributed by atoms with Crippen LogP contribution in [0.4, 0.5) is 0 Å². The van der Waals surface area contributed by atoms with Crippen molar-refractivity contribution in [1.82, 2.24) is 0 Å². The van der Waals surface area contributed by atoms with Crippen LogP contribution in [0.3, 0.4) is 0 Å². The van der Waals surface area contributed by atoms with Crippen molar-refractivity contribution in [2.45, 2.75) is 17.9 Å². The van der Waals surface area contributed by atoms with Crippen LogP contribution in [0, 0.1) is 0 Å². The highest BCUT2D eigenvalue weighted by Gasteiger charge is 2.07. The van der Waals surface area contributed by atoms with Crippen LogP contribution < -0.4 is 0 Å². The molecule has 0 saturated carbocycles. The standard InChI is InChI=1S/C16H18O3S/c1-12(19-2)13-4-6-14(7-5-13)15-8-10-16(11-9-15)20(3,17)18/h4-12H,1-3H3/t12-/m0/s1. The summed E-state index contributed by atoms with van der Waals surface area (Å²) in [6.45, 7) is 2.00. The highest BCUT2D eigenvalue weighted by Crippen LogP contribution is 2.24. The van der Waals surface area contributed by atoms with Crippen LogP contribution in [0.1, 0.15) is 18.6 Å². The maximum absolute atomic E-state index is 11.4. The van der Waals surface area contributed by atoms with E-state index in [0.29, 0.717) is 4.90 Å². The van der Waals surface area contributed by atoms with Crippen molar-refractivity contribution in [3.05, 3.63) is 54.1 Å². The third-order valence-electron chi connectivity index (χ3n) is 3.35. The van der Waals surface area contributed by atoms with E-state index in [0.717, 1.165) is 16.7 Å². The second-order valence-corrected chi connectivity index (χ2v) is 6.81. The first kappa shape index (κ1) is 14.8. The first-order valence-corrected chi connectivity index (χ1v) is 8.24. The number of rotatable bonds is 4. The van der Waals surface area contributed by atoms with E-state index < -0.39 is 9.84 Å². The van der Waals surface area contributed by atoms with Gasteiger partial charge in [-0.05, 0) is 35.7 Å². The summed E-state index contributed by atoms with van der Waals surface area (Å²) in [6.07, 6.45) is 1.28. The van der Waals surface area contributed by atoms with E-state index in [1.807, 2.05) is 43.3 Å². The van der Waals surface area contributed by atoms with Gasteiger partial charge < -0.3 is 4.74 Å². The van der Waals surface area contributed by atoms with Crippen LogP contribution in [-0.2, 0) is 14.6 Å². The first-order valence-electron chi connectivity index (χ1n) is 6.35. The highest BCUT2D eigenvalue weighted by molar-refractivity contribution is 7.90. The molecule has 2 aromatic carbocycles. The molecule has 0 amide bonds. The lowest BCUT2D eigenvalue weighted by Crippen LogP contribution is -1.96. The molecule has 20 heavy (non-hydrogen) atoms. The van der Waals surface area contributed by atoms with E-state index >= 15 is 0 Å². The van der Waals surface area contributed by atoms with E-state index in [-0.39, 0.29) is 6.10 Å². The molecule has 0 N–H and O–H groups in total. The Morgan fingerprint density at radius 2 is 1.35 bits per heavy atom. The Labute approximate surface area is 120 Å². The molecule has 0 aliphatic carbocycles. The number of ether oxygens (including phenoxy) is 1. The lowest BCUT2D eigenvalue weighted by molar-refractivity contribution is 0.119. The third kappa shape index (κ3) is 3.26. The Hall–Kier alpha value is -1.65. The maximum atomic E-state index is 11.4. The second kappa shape index (κ2) is 5.77. The molecule has 106 valence electrons. The van der Waals surface area contributed by atoms with Crippen molar-refractivity contribution in [2.75, 3.05) is 13.4 Å². The molecule has 0 fully saturated rings. The van der Waals surface area contributed by atoms with Crippen molar-refractivity contribution in [3.8, 4) is 11.1 Å². The summed E-state index contributed by atoms with van der Waals surface area (Å²) in [4.78, 5) is 0.339. The van der Waals surface area contributed by atoms with Crippen molar-refractivity contribution in [3.63, 3.8) is 0 Å². The fourth-order valence-corrected chi connectivity index (χ4v) is 2.61. The van der Waals surface area contributed by atoms with Gasteiger partial charge in [-0.3, -0.25) is 0 Å². The molecule has 1 atom stereocenters. The smallest absolute Gasteiger partial charge is 0.175 e.